The molecule has 0 atom stereocenters. The summed E-state index contributed by atoms with van der Waals surface area (Å²) in [5, 5.41) is 6.69. The van der Waals surface area contributed by atoms with Crippen LogP contribution in [0.25, 0.3) is 0 Å². The van der Waals surface area contributed by atoms with Crippen molar-refractivity contribution in [1.29, 1.82) is 0 Å². The van der Waals surface area contributed by atoms with Crippen LogP contribution >= 0.6 is 0 Å². The van der Waals surface area contributed by atoms with E-state index in [1.807, 2.05) is 0 Å². The van der Waals surface area contributed by atoms with Crippen molar-refractivity contribution in [2.24, 2.45) is 0 Å². The van der Waals surface area contributed by atoms with E-state index in [4.69, 9.17) is 0 Å². The molecule has 2 heterocycles. The molecule has 1 aliphatic carbocycles. The lowest BCUT2D eigenvalue weighted by Gasteiger charge is -2.14. The Kier molecular flexibility index (Phi) is 1.34. The Bertz CT molecular complexity index is 431. The van der Waals surface area contributed by atoms with Gasteiger partial charge in [-0.1, -0.05) is 0 Å². The number of hydrogen-bond acceptors (Lipinski definition) is 3. The van der Waals surface area contributed by atoms with Gasteiger partial charge >= 0.3 is 0 Å². The minimum atomic E-state index is -0.240. The van der Waals surface area contributed by atoms with E-state index in [1.165, 1.54) is 4.68 Å². The van der Waals surface area contributed by atoms with Crippen molar-refractivity contribution in [1.82, 2.24) is 9.78 Å². The normalized spacial score (nSPS) is 20.6. The number of fused-ring (bicyclic) bond motifs is 1. The molecule has 1 saturated carbocycles. The van der Waals surface area contributed by atoms with Crippen molar-refractivity contribution in [2.75, 3.05) is 5.32 Å². The topological polar surface area (TPSA) is 64.0 Å². The van der Waals surface area contributed by atoms with Crippen molar-refractivity contribution in [3.8, 4) is 0 Å². The lowest BCUT2D eigenvalue weighted by atomic mass is 10.2. The second-order valence-electron chi connectivity index (χ2n) is 3.75. The first-order valence-electron chi connectivity index (χ1n) is 4.66. The number of hydrogen-bond donors (Lipinski definition) is 1. The fourth-order valence-electron chi connectivity index (χ4n) is 1.76. The van der Waals surface area contributed by atoms with E-state index in [0.29, 0.717) is 11.7 Å². The molecule has 14 heavy (non-hydrogen) atoms. The average Bonchev–Trinajstić information content (AvgIpc) is 2.87. The fourth-order valence-corrected chi connectivity index (χ4v) is 1.76. The molecule has 72 valence electrons. The zero-order valence-electron chi connectivity index (χ0n) is 7.49. The summed E-state index contributed by atoms with van der Waals surface area (Å²) in [6.45, 7) is 0. The van der Waals surface area contributed by atoms with Crippen LogP contribution in [0.1, 0.15) is 35.5 Å². The van der Waals surface area contributed by atoms with Crippen LogP contribution < -0.4 is 5.32 Å². The molecular weight excluding hydrogens is 182 g/mol. The SMILES string of the molecule is O=C1CC(=O)n2ncc(C3CC3)c2N1. The van der Waals surface area contributed by atoms with Crippen LogP contribution in [0.4, 0.5) is 5.82 Å². The highest BCUT2D eigenvalue weighted by molar-refractivity contribution is 6.09. The summed E-state index contributed by atoms with van der Waals surface area (Å²) in [5.41, 5.74) is 1.01. The maximum absolute atomic E-state index is 11.4. The van der Waals surface area contributed by atoms with Gasteiger partial charge in [0.2, 0.25) is 5.91 Å². The third kappa shape index (κ3) is 0.982. The second-order valence-corrected chi connectivity index (χ2v) is 3.75. The lowest BCUT2D eigenvalue weighted by molar-refractivity contribution is -0.115. The van der Waals surface area contributed by atoms with Crippen molar-refractivity contribution in [2.45, 2.75) is 25.2 Å². The van der Waals surface area contributed by atoms with Gasteiger partial charge in [0.05, 0.1) is 6.20 Å². The zero-order valence-corrected chi connectivity index (χ0v) is 7.49. The van der Waals surface area contributed by atoms with Crippen LogP contribution in [0, 0.1) is 0 Å². The largest absolute Gasteiger partial charge is 0.310 e. The van der Waals surface area contributed by atoms with E-state index in [9.17, 15) is 9.59 Å². The van der Waals surface area contributed by atoms with E-state index in [1.54, 1.807) is 6.20 Å². The summed E-state index contributed by atoms with van der Waals surface area (Å²) >= 11 is 0. The van der Waals surface area contributed by atoms with Crippen LogP contribution in [0.3, 0.4) is 0 Å². The number of rotatable bonds is 1. The Morgan fingerprint density at radius 1 is 1.43 bits per heavy atom. The number of amides is 1. The summed E-state index contributed by atoms with van der Waals surface area (Å²) in [5.74, 6) is 0.610. The highest BCUT2D eigenvalue weighted by Gasteiger charge is 2.33. The fraction of sp³-hybridized carbons (Fsp3) is 0.444. The summed E-state index contributed by atoms with van der Waals surface area (Å²) in [6, 6.07) is 0. The Hall–Kier alpha value is -1.65. The highest BCUT2D eigenvalue weighted by Crippen LogP contribution is 2.43. The van der Waals surface area contributed by atoms with Crippen molar-refractivity contribution in [3.05, 3.63) is 11.8 Å². The molecule has 5 nitrogen and oxygen atoms in total. The van der Waals surface area contributed by atoms with Gasteiger partial charge < -0.3 is 5.32 Å². The van der Waals surface area contributed by atoms with E-state index in [2.05, 4.69) is 10.4 Å². The molecule has 1 aliphatic heterocycles. The first-order valence-corrected chi connectivity index (χ1v) is 4.66. The van der Waals surface area contributed by atoms with Crippen LogP contribution in [0.5, 0.6) is 0 Å². The Balaban J connectivity index is 2.10. The van der Waals surface area contributed by atoms with Gasteiger partial charge in [-0.05, 0) is 18.8 Å². The Morgan fingerprint density at radius 2 is 2.21 bits per heavy atom. The third-order valence-electron chi connectivity index (χ3n) is 2.62. The molecule has 1 N–H and O–H groups in total. The molecule has 1 aromatic rings. The molecule has 3 rings (SSSR count). The number of carbonyl (C=O) groups is 2. The van der Waals surface area contributed by atoms with Crippen LogP contribution in [-0.2, 0) is 4.79 Å². The molecule has 2 aliphatic rings. The molecule has 0 bridgehead atoms. The lowest BCUT2D eigenvalue weighted by Crippen LogP contribution is -2.30. The molecule has 0 radical (unpaired) electrons. The number of nitrogens with zero attached hydrogens (tertiary/aromatic N) is 2. The minimum absolute atomic E-state index is 0.0984. The molecule has 0 aromatic carbocycles. The number of nitrogens with one attached hydrogen (secondary N) is 1. The van der Waals surface area contributed by atoms with Gasteiger partial charge in [0, 0.05) is 5.56 Å². The average molecular weight is 191 g/mol. The predicted octanol–water partition coefficient (Wildman–Crippen LogP) is 0.743. The van der Waals surface area contributed by atoms with Crippen LogP contribution in [-0.4, -0.2) is 21.6 Å². The summed E-state index contributed by atoms with van der Waals surface area (Å²) in [6.07, 6.45) is 3.85. The van der Waals surface area contributed by atoms with Gasteiger partial charge in [-0.25, -0.2) is 0 Å². The van der Waals surface area contributed by atoms with Gasteiger partial charge in [-0.2, -0.15) is 9.78 Å². The van der Waals surface area contributed by atoms with Crippen molar-refractivity contribution >= 4 is 17.6 Å². The molecule has 1 amide bonds. The van der Waals surface area contributed by atoms with E-state index >= 15 is 0 Å². The van der Waals surface area contributed by atoms with E-state index in [-0.39, 0.29) is 18.2 Å². The predicted molar refractivity (Wildman–Crippen MR) is 48.1 cm³/mol. The molecule has 1 aromatic heterocycles. The maximum atomic E-state index is 11.4. The minimum Gasteiger partial charge on any atom is -0.310 e. The first-order chi connectivity index (χ1) is 6.75. The van der Waals surface area contributed by atoms with Crippen LogP contribution in [0.15, 0.2) is 6.20 Å². The molecule has 0 saturated heterocycles. The van der Waals surface area contributed by atoms with E-state index in [0.717, 1.165) is 18.4 Å². The molecule has 0 unspecified atom stereocenters. The first kappa shape index (κ1) is 7.73. The number of carbonyl (C=O) groups excluding carboxylic acids is 2. The van der Waals surface area contributed by atoms with Gasteiger partial charge in [0.1, 0.15) is 12.2 Å². The van der Waals surface area contributed by atoms with Gasteiger partial charge in [0.15, 0.2) is 0 Å². The summed E-state index contributed by atoms with van der Waals surface area (Å²) < 4.78 is 1.30. The molecular formula is C9H9N3O2. The molecule has 1 fully saturated rings. The maximum Gasteiger partial charge on any atom is 0.258 e. The molecule has 0 spiro atoms. The van der Waals surface area contributed by atoms with Crippen LogP contribution in [0.2, 0.25) is 0 Å². The summed E-state index contributed by atoms with van der Waals surface area (Å²) in [4.78, 5) is 22.5. The molecule has 5 heteroatoms. The Morgan fingerprint density at radius 3 is 2.93 bits per heavy atom. The van der Waals surface area contributed by atoms with Gasteiger partial charge in [-0.3, -0.25) is 9.59 Å². The highest BCUT2D eigenvalue weighted by atomic mass is 16.2. The quantitative estimate of drug-likeness (QED) is 0.666. The standard InChI is InChI=1S/C9H9N3O2/c13-7-3-8(14)12-9(11-7)6(4-10-12)5-1-2-5/h4-5H,1-3H2,(H,11,13). The Labute approximate surface area is 80.1 Å². The number of anilines is 1. The zero-order chi connectivity index (χ0) is 9.71. The van der Waals surface area contributed by atoms with Gasteiger partial charge in [-0.15, -0.1) is 0 Å². The van der Waals surface area contributed by atoms with Crippen molar-refractivity contribution in [3.63, 3.8) is 0 Å². The third-order valence-corrected chi connectivity index (χ3v) is 2.62. The second kappa shape index (κ2) is 2.43. The number of aromatic nitrogens is 2. The van der Waals surface area contributed by atoms with Crippen molar-refractivity contribution < 1.29 is 9.59 Å². The van der Waals surface area contributed by atoms with Gasteiger partial charge in [0.25, 0.3) is 5.91 Å². The smallest absolute Gasteiger partial charge is 0.258 e. The van der Waals surface area contributed by atoms with E-state index < -0.39 is 0 Å². The summed E-state index contributed by atoms with van der Waals surface area (Å²) in [7, 11) is 0. The monoisotopic (exact) mass is 191 g/mol.